The predicted octanol–water partition coefficient (Wildman–Crippen LogP) is 3.61. The highest BCUT2D eigenvalue weighted by molar-refractivity contribution is 5.92. The van der Waals surface area contributed by atoms with Gasteiger partial charge in [0, 0.05) is 48.5 Å². The lowest BCUT2D eigenvalue weighted by Gasteiger charge is -2.12. The number of hydrogen-bond acceptors (Lipinski definition) is 5. The Morgan fingerprint density at radius 3 is 2.64 bits per heavy atom. The van der Waals surface area contributed by atoms with Crippen LogP contribution in [0.4, 0.5) is 0 Å². The van der Waals surface area contributed by atoms with Crippen molar-refractivity contribution in [1.82, 2.24) is 19.9 Å². The summed E-state index contributed by atoms with van der Waals surface area (Å²) >= 11 is 0. The van der Waals surface area contributed by atoms with Gasteiger partial charge in [-0.25, -0.2) is 4.79 Å². The molecule has 0 saturated carbocycles. The second kappa shape index (κ2) is 9.89. The molecule has 4 aromatic rings. The first-order valence-corrected chi connectivity index (χ1v) is 10.3. The third-order valence-electron chi connectivity index (χ3n) is 5.63. The molecule has 0 fully saturated rings. The first-order chi connectivity index (χ1) is 15.4. The summed E-state index contributed by atoms with van der Waals surface area (Å²) in [5, 5.41) is 24.0. The second-order valence-corrected chi connectivity index (χ2v) is 7.58. The number of aromatic hydroxyl groups is 1. The number of fused-ring (bicyclic) bond motifs is 1. The molecular formula is C24H25ClN4O4. The van der Waals surface area contributed by atoms with Gasteiger partial charge < -0.3 is 25.1 Å². The molecule has 1 aromatic carbocycles. The maximum absolute atomic E-state index is 12.3. The SMILES string of the molecule is CCc1c(-c2ccc3c(c2)cc(CNCc2ccccn2)n3C)[nH]c(=O)c(C(=O)O)c1O.Cl. The highest BCUT2D eigenvalue weighted by Gasteiger charge is 2.22. The van der Waals surface area contributed by atoms with Gasteiger partial charge in [-0.1, -0.05) is 19.1 Å². The molecular weight excluding hydrogens is 444 g/mol. The molecule has 0 bridgehead atoms. The van der Waals surface area contributed by atoms with Crippen LogP contribution in [0.25, 0.3) is 22.2 Å². The number of benzene rings is 1. The highest BCUT2D eigenvalue weighted by Crippen LogP contribution is 2.32. The van der Waals surface area contributed by atoms with Gasteiger partial charge in [0.15, 0.2) is 5.56 Å². The monoisotopic (exact) mass is 468 g/mol. The Morgan fingerprint density at radius 1 is 1.18 bits per heavy atom. The van der Waals surface area contributed by atoms with Crippen LogP contribution in [0.1, 0.15) is 34.2 Å². The van der Waals surface area contributed by atoms with Crippen molar-refractivity contribution >= 4 is 29.3 Å². The number of halogens is 1. The van der Waals surface area contributed by atoms with Crippen LogP contribution in [0, 0.1) is 0 Å². The van der Waals surface area contributed by atoms with Crippen molar-refractivity contribution in [2.45, 2.75) is 26.4 Å². The molecule has 0 aliphatic heterocycles. The van der Waals surface area contributed by atoms with Gasteiger partial charge in [0.1, 0.15) is 5.75 Å². The van der Waals surface area contributed by atoms with Gasteiger partial charge in [-0.05, 0) is 42.3 Å². The average molecular weight is 469 g/mol. The number of aryl methyl sites for hydroxylation is 1. The molecule has 3 heterocycles. The largest absolute Gasteiger partial charge is 0.506 e. The molecule has 0 amide bonds. The maximum atomic E-state index is 12.3. The number of H-pyrrole nitrogens is 1. The zero-order valence-electron chi connectivity index (χ0n) is 18.3. The highest BCUT2D eigenvalue weighted by atomic mass is 35.5. The molecule has 0 unspecified atom stereocenters. The molecule has 0 spiro atoms. The minimum absolute atomic E-state index is 0. The number of carboxylic acids is 1. The fraction of sp³-hybridized carbons (Fsp3) is 0.208. The molecule has 0 atom stereocenters. The normalized spacial score (nSPS) is 10.8. The number of nitrogens with zero attached hydrogens (tertiary/aromatic N) is 2. The lowest BCUT2D eigenvalue weighted by molar-refractivity contribution is 0.0691. The molecule has 0 radical (unpaired) electrons. The van der Waals surface area contributed by atoms with E-state index in [-0.39, 0.29) is 12.4 Å². The van der Waals surface area contributed by atoms with Gasteiger partial charge in [0.25, 0.3) is 5.56 Å². The van der Waals surface area contributed by atoms with Gasteiger partial charge in [-0.2, -0.15) is 0 Å². The van der Waals surface area contributed by atoms with E-state index in [9.17, 15) is 19.8 Å². The number of carbonyl (C=O) groups is 1. The molecule has 33 heavy (non-hydrogen) atoms. The summed E-state index contributed by atoms with van der Waals surface area (Å²) in [5.41, 5.74) is 3.15. The molecule has 4 rings (SSSR count). The van der Waals surface area contributed by atoms with Gasteiger partial charge in [0.05, 0.1) is 11.4 Å². The summed E-state index contributed by atoms with van der Waals surface area (Å²) < 4.78 is 2.10. The van der Waals surface area contributed by atoms with E-state index in [0.717, 1.165) is 22.3 Å². The summed E-state index contributed by atoms with van der Waals surface area (Å²) in [4.78, 5) is 30.6. The van der Waals surface area contributed by atoms with Crippen LogP contribution in [-0.4, -0.2) is 30.7 Å². The van der Waals surface area contributed by atoms with E-state index < -0.39 is 22.8 Å². The smallest absolute Gasteiger partial charge is 0.345 e. The van der Waals surface area contributed by atoms with Crippen molar-refractivity contribution in [3.63, 3.8) is 0 Å². The molecule has 4 N–H and O–H groups in total. The number of carboxylic acid groups (broad SMARTS) is 1. The van der Waals surface area contributed by atoms with Crippen molar-refractivity contribution in [2.24, 2.45) is 7.05 Å². The van der Waals surface area contributed by atoms with Crippen LogP contribution in [0.3, 0.4) is 0 Å². The molecule has 9 heteroatoms. The standard InChI is InChI=1S/C24H24N4O4.ClH/c1-3-18-21(27-23(30)20(22(18)29)24(31)32)14-7-8-19-15(10-14)11-17(28(19)2)13-25-12-16-6-4-5-9-26-16;/h4-11,25H,3,12-13H2,1-2H3,(H,31,32)(H2,27,29,30);1H. The van der Waals surface area contributed by atoms with Gasteiger partial charge >= 0.3 is 5.97 Å². The van der Waals surface area contributed by atoms with Crippen molar-refractivity contribution in [3.8, 4) is 17.0 Å². The Hall–Kier alpha value is -3.62. The number of rotatable bonds is 7. The van der Waals surface area contributed by atoms with Crippen LogP contribution < -0.4 is 10.9 Å². The van der Waals surface area contributed by atoms with E-state index >= 15 is 0 Å². The Kier molecular flexibility index (Phi) is 7.20. The van der Waals surface area contributed by atoms with Crippen LogP contribution in [0.2, 0.25) is 0 Å². The fourth-order valence-corrected chi connectivity index (χ4v) is 3.97. The maximum Gasteiger partial charge on any atom is 0.345 e. The number of nitrogens with one attached hydrogen (secondary N) is 2. The fourth-order valence-electron chi connectivity index (χ4n) is 3.97. The van der Waals surface area contributed by atoms with Crippen LogP contribution in [0.5, 0.6) is 5.75 Å². The summed E-state index contributed by atoms with van der Waals surface area (Å²) in [6.45, 7) is 3.11. The third kappa shape index (κ3) is 4.62. The molecule has 3 aromatic heterocycles. The third-order valence-corrected chi connectivity index (χ3v) is 5.63. The average Bonchev–Trinajstić information content (AvgIpc) is 3.08. The van der Waals surface area contributed by atoms with Crippen LogP contribution in [-0.2, 0) is 26.6 Å². The summed E-state index contributed by atoms with van der Waals surface area (Å²) in [6, 6.07) is 13.6. The number of aromatic amines is 1. The number of aromatic carboxylic acids is 1. The quantitative estimate of drug-likeness (QED) is 0.329. The Morgan fingerprint density at radius 2 is 1.97 bits per heavy atom. The topological polar surface area (TPSA) is 120 Å². The van der Waals surface area contributed by atoms with Crippen molar-refractivity contribution in [1.29, 1.82) is 0 Å². The first kappa shape index (κ1) is 24.0. The summed E-state index contributed by atoms with van der Waals surface area (Å²) in [5.74, 6) is -1.93. The van der Waals surface area contributed by atoms with E-state index in [1.165, 1.54) is 0 Å². The van der Waals surface area contributed by atoms with Crippen molar-refractivity contribution in [2.75, 3.05) is 0 Å². The minimum atomic E-state index is -1.45. The molecule has 8 nitrogen and oxygen atoms in total. The number of pyridine rings is 2. The van der Waals surface area contributed by atoms with Gasteiger partial charge in [-0.3, -0.25) is 9.78 Å². The first-order valence-electron chi connectivity index (χ1n) is 10.3. The zero-order valence-corrected chi connectivity index (χ0v) is 19.1. The van der Waals surface area contributed by atoms with Crippen molar-refractivity contribution in [3.05, 3.63) is 81.5 Å². The van der Waals surface area contributed by atoms with E-state index in [1.807, 2.05) is 43.4 Å². The van der Waals surface area contributed by atoms with E-state index in [1.54, 1.807) is 13.1 Å². The Bertz CT molecular complexity index is 1360. The molecule has 172 valence electrons. The van der Waals surface area contributed by atoms with E-state index in [0.29, 0.717) is 36.3 Å². The number of hydrogen-bond donors (Lipinski definition) is 4. The molecule has 0 aliphatic rings. The lowest BCUT2D eigenvalue weighted by atomic mass is 9.99. The molecule has 0 saturated heterocycles. The minimum Gasteiger partial charge on any atom is -0.506 e. The van der Waals surface area contributed by atoms with Gasteiger partial charge in [0.2, 0.25) is 0 Å². The zero-order chi connectivity index (χ0) is 22.8. The lowest BCUT2D eigenvalue weighted by Crippen LogP contribution is -2.20. The Balaban J connectivity index is 0.00000306. The summed E-state index contributed by atoms with van der Waals surface area (Å²) in [7, 11) is 1.99. The predicted molar refractivity (Wildman–Crippen MR) is 129 cm³/mol. The summed E-state index contributed by atoms with van der Waals surface area (Å²) in [6.07, 6.45) is 2.14. The van der Waals surface area contributed by atoms with Gasteiger partial charge in [-0.15, -0.1) is 12.4 Å². The molecule has 0 aliphatic carbocycles. The van der Waals surface area contributed by atoms with E-state index in [4.69, 9.17) is 0 Å². The Labute approximate surface area is 196 Å². The van der Waals surface area contributed by atoms with Crippen LogP contribution >= 0.6 is 12.4 Å². The van der Waals surface area contributed by atoms with Crippen LogP contribution in [0.15, 0.2) is 53.5 Å². The second-order valence-electron chi connectivity index (χ2n) is 7.58. The van der Waals surface area contributed by atoms with E-state index in [2.05, 4.69) is 25.9 Å². The van der Waals surface area contributed by atoms with Crippen molar-refractivity contribution < 1.29 is 15.0 Å². The number of aromatic nitrogens is 3.